The number of hydrogen-bond acceptors (Lipinski definition) is 10. The molecule has 0 spiro atoms. The molecule has 0 saturated carbocycles. The third-order valence-electron chi connectivity index (χ3n) is 6.41. The summed E-state index contributed by atoms with van der Waals surface area (Å²) < 4.78 is 6.69. The molecule has 0 amide bonds. The lowest BCUT2D eigenvalue weighted by atomic mass is 10.2. The van der Waals surface area contributed by atoms with Gasteiger partial charge in [-0.3, -0.25) is 4.90 Å². The zero-order chi connectivity index (χ0) is 23.6. The molecule has 1 aromatic carbocycles. The average Bonchev–Trinajstić information content (AvgIpc) is 3.32. The molecule has 10 heteroatoms. The molecule has 2 saturated heterocycles. The molecule has 3 aromatic heterocycles. The highest BCUT2D eigenvalue weighted by Gasteiger charge is 2.23. The number of benzene rings is 1. The van der Waals surface area contributed by atoms with E-state index in [4.69, 9.17) is 14.7 Å². The first-order valence-electron chi connectivity index (χ1n) is 11.9. The van der Waals surface area contributed by atoms with Crippen LogP contribution in [0.15, 0.2) is 48.8 Å². The van der Waals surface area contributed by atoms with E-state index < -0.39 is 0 Å². The zero-order valence-corrected chi connectivity index (χ0v) is 20.2. The van der Waals surface area contributed by atoms with E-state index >= 15 is 0 Å². The fourth-order valence-corrected chi connectivity index (χ4v) is 5.74. The summed E-state index contributed by atoms with van der Waals surface area (Å²) >= 11 is 1.78. The Labute approximate surface area is 207 Å². The zero-order valence-electron chi connectivity index (χ0n) is 19.4. The Morgan fingerprint density at radius 3 is 2.46 bits per heavy atom. The number of hydrogen-bond donors (Lipinski definition) is 1. The number of piperazine rings is 1. The van der Waals surface area contributed by atoms with Gasteiger partial charge in [0.05, 0.1) is 23.4 Å². The van der Waals surface area contributed by atoms with E-state index in [0.29, 0.717) is 19.0 Å². The number of fused-ring (bicyclic) bond motifs is 1. The first kappa shape index (κ1) is 22.1. The summed E-state index contributed by atoms with van der Waals surface area (Å²) in [6, 6.07) is 11.2. The van der Waals surface area contributed by atoms with Crippen LogP contribution in [-0.4, -0.2) is 82.4 Å². The van der Waals surface area contributed by atoms with Crippen molar-refractivity contribution in [3.05, 3.63) is 53.7 Å². The van der Waals surface area contributed by atoms with Crippen molar-refractivity contribution in [1.29, 1.82) is 0 Å². The molecule has 180 valence electrons. The Bertz CT molecular complexity index is 1300. The van der Waals surface area contributed by atoms with E-state index in [0.717, 1.165) is 73.4 Å². The van der Waals surface area contributed by atoms with Crippen molar-refractivity contribution in [3.8, 4) is 17.1 Å². The highest BCUT2D eigenvalue weighted by Crippen LogP contribution is 2.35. The minimum atomic E-state index is 0.213. The lowest BCUT2D eigenvalue weighted by molar-refractivity contribution is 0.122. The minimum Gasteiger partial charge on any atom is -0.508 e. The van der Waals surface area contributed by atoms with E-state index in [-0.39, 0.29) is 5.75 Å². The summed E-state index contributed by atoms with van der Waals surface area (Å²) in [5.41, 5.74) is 1.77. The van der Waals surface area contributed by atoms with Crippen molar-refractivity contribution in [2.24, 2.45) is 0 Å². The SMILES string of the molecule is Oc1cccc(-c2nc(N3CCOCC3)c3sc(CN4CCN(c5ncccn5)CC4)cc3n2)c1. The maximum Gasteiger partial charge on any atom is 0.225 e. The van der Waals surface area contributed by atoms with Crippen molar-refractivity contribution in [2.75, 3.05) is 62.3 Å². The summed E-state index contributed by atoms with van der Waals surface area (Å²) in [6.07, 6.45) is 3.59. The standard InChI is InChI=1S/C25H27N7O2S/c33-19-4-1-3-18(15-19)23-28-21-16-20(35-22(21)24(29-23)31-11-13-34-14-12-31)17-30-7-9-32(10-8-30)25-26-5-2-6-27-25/h1-6,15-16,33H,7-14,17H2. The number of ether oxygens (including phenoxy) is 1. The highest BCUT2D eigenvalue weighted by atomic mass is 32.1. The number of phenolic OH excluding ortho intramolecular Hbond substituents is 1. The molecule has 5 heterocycles. The molecule has 0 unspecified atom stereocenters. The van der Waals surface area contributed by atoms with Crippen molar-refractivity contribution in [3.63, 3.8) is 0 Å². The van der Waals surface area contributed by atoms with Gasteiger partial charge in [-0.25, -0.2) is 19.9 Å². The Balaban J connectivity index is 1.26. The number of thiophene rings is 1. The van der Waals surface area contributed by atoms with Gasteiger partial charge in [-0.05, 0) is 24.3 Å². The van der Waals surface area contributed by atoms with E-state index in [9.17, 15) is 5.11 Å². The van der Waals surface area contributed by atoms with Crippen LogP contribution in [0.4, 0.5) is 11.8 Å². The van der Waals surface area contributed by atoms with Gasteiger partial charge in [-0.2, -0.15) is 0 Å². The van der Waals surface area contributed by atoms with Gasteiger partial charge in [-0.1, -0.05) is 12.1 Å². The minimum absolute atomic E-state index is 0.213. The summed E-state index contributed by atoms with van der Waals surface area (Å²) in [6.45, 7) is 7.64. The van der Waals surface area contributed by atoms with E-state index in [2.05, 4.69) is 30.7 Å². The lowest BCUT2D eigenvalue weighted by Crippen LogP contribution is -2.46. The molecule has 9 nitrogen and oxygen atoms in total. The van der Waals surface area contributed by atoms with Crippen LogP contribution in [0, 0.1) is 0 Å². The van der Waals surface area contributed by atoms with Crippen LogP contribution in [0.1, 0.15) is 4.88 Å². The third kappa shape index (κ3) is 4.77. The predicted octanol–water partition coefficient (Wildman–Crippen LogP) is 3.01. The summed E-state index contributed by atoms with van der Waals surface area (Å²) in [5.74, 6) is 2.61. The molecule has 2 aliphatic rings. The molecule has 0 aliphatic carbocycles. The summed E-state index contributed by atoms with van der Waals surface area (Å²) in [4.78, 5) is 26.9. The molecule has 0 atom stereocenters. The number of phenols is 1. The van der Waals surface area contributed by atoms with Crippen molar-refractivity contribution in [2.45, 2.75) is 6.54 Å². The fraction of sp³-hybridized carbons (Fsp3) is 0.360. The molecule has 2 fully saturated rings. The normalized spacial score (nSPS) is 17.3. The second-order valence-corrected chi connectivity index (χ2v) is 9.90. The lowest BCUT2D eigenvalue weighted by Gasteiger charge is -2.34. The number of morpholine rings is 1. The Morgan fingerprint density at radius 1 is 0.886 bits per heavy atom. The van der Waals surface area contributed by atoms with Gasteiger partial charge < -0.3 is 19.6 Å². The second-order valence-electron chi connectivity index (χ2n) is 8.76. The molecular weight excluding hydrogens is 462 g/mol. The topological polar surface area (TPSA) is 90.7 Å². The van der Waals surface area contributed by atoms with Crippen LogP contribution < -0.4 is 9.80 Å². The number of nitrogens with zero attached hydrogens (tertiary/aromatic N) is 7. The quantitative estimate of drug-likeness (QED) is 0.454. The maximum absolute atomic E-state index is 9.99. The van der Waals surface area contributed by atoms with Gasteiger partial charge in [0.1, 0.15) is 5.75 Å². The monoisotopic (exact) mass is 489 g/mol. The molecule has 6 rings (SSSR count). The van der Waals surface area contributed by atoms with Gasteiger partial charge >= 0.3 is 0 Å². The number of aromatic hydroxyl groups is 1. The van der Waals surface area contributed by atoms with Crippen LogP contribution in [0.25, 0.3) is 21.6 Å². The highest BCUT2D eigenvalue weighted by molar-refractivity contribution is 7.19. The van der Waals surface area contributed by atoms with Crippen LogP contribution in [0.3, 0.4) is 0 Å². The van der Waals surface area contributed by atoms with Gasteiger partial charge in [0.25, 0.3) is 0 Å². The first-order valence-corrected chi connectivity index (χ1v) is 12.7. The Morgan fingerprint density at radius 2 is 1.69 bits per heavy atom. The fourth-order valence-electron chi connectivity index (χ4n) is 4.59. The van der Waals surface area contributed by atoms with Crippen molar-refractivity contribution < 1.29 is 9.84 Å². The molecule has 4 aromatic rings. The van der Waals surface area contributed by atoms with Crippen LogP contribution >= 0.6 is 11.3 Å². The number of anilines is 2. The van der Waals surface area contributed by atoms with Gasteiger partial charge in [0.15, 0.2) is 11.6 Å². The van der Waals surface area contributed by atoms with Gasteiger partial charge in [0, 0.05) is 68.6 Å². The van der Waals surface area contributed by atoms with Gasteiger partial charge in [0.2, 0.25) is 5.95 Å². The molecule has 1 N–H and O–H groups in total. The van der Waals surface area contributed by atoms with E-state index in [1.807, 2.05) is 18.2 Å². The van der Waals surface area contributed by atoms with Crippen LogP contribution in [-0.2, 0) is 11.3 Å². The molecule has 2 aliphatic heterocycles. The Hall–Kier alpha value is -3.34. The second kappa shape index (κ2) is 9.73. The predicted molar refractivity (Wildman–Crippen MR) is 137 cm³/mol. The van der Waals surface area contributed by atoms with Crippen LogP contribution in [0.2, 0.25) is 0 Å². The average molecular weight is 490 g/mol. The molecule has 35 heavy (non-hydrogen) atoms. The third-order valence-corrected chi connectivity index (χ3v) is 7.51. The van der Waals surface area contributed by atoms with Crippen LogP contribution in [0.5, 0.6) is 5.75 Å². The van der Waals surface area contributed by atoms with Gasteiger partial charge in [-0.15, -0.1) is 11.3 Å². The molecule has 0 radical (unpaired) electrons. The smallest absolute Gasteiger partial charge is 0.225 e. The van der Waals surface area contributed by atoms with Crippen molar-refractivity contribution >= 4 is 33.3 Å². The first-order chi connectivity index (χ1) is 17.2. The summed E-state index contributed by atoms with van der Waals surface area (Å²) in [5, 5.41) is 9.99. The van der Waals surface area contributed by atoms with E-state index in [1.165, 1.54) is 4.88 Å². The van der Waals surface area contributed by atoms with Crippen molar-refractivity contribution in [1.82, 2.24) is 24.8 Å². The van der Waals surface area contributed by atoms with E-state index in [1.54, 1.807) is 35.9 Å². The Kier molecular flexibility index (Phi) is 6.15. The largest absolute Gasteiger partial charge is 0.508 e. The molecule has 0 bridgehead atoms. The number of rotatable bonds is 5. The summed E-state index contributed by atoms with van der Waals surface area (Å²) in [7, 11) is 0. The maximum atomic E-state index is 9.99. The molecular formula is C25H27N7O2S. The number of aromatic nitrogens is 4.